The number of hydrogen-bond acceptors (Lipinski definition) is 5. The molecular weight excluding hydrogens is 284 g/mol. The van der Waals surface area contributed by atoms with Gasteiger partial charge in [-0.05, 0) is 24.3 Å². The Kier molecular flexibility index (Phi) is 4.78. The summed E-state index contributed by atoms with van der Waals surface area (Å²) in [5.41, 5.74) is 0.770. The number of carbonyl (C=O) groups excluding carboxylic acids is 2. The first-order valence-corrected chi connectivity index (χ1v) is 6.61. The minimum absolute atomic E-state index is 0.246. The van der Waals surface area contributed by atoms with E-state index in [1.165, 1.54) is 27.2 Å². The van der Waals surface area contributed by atoms with Crippen molar-refractivity contribution in [2.45, 2.75) is 6.92 Å². The topological polar surface area (TPSA) is 61.8 Å². The van der Waals surface area contributed by atoms with Crippen molar-refractivity contribution in [2.75, 3.05) is 14.2 Å². The lowest BCUT2D eigenvalue weighted by Crippen LogP contribution is -2.06. The van der Waals surface area contributed by atoms with Crippen molar-refractivity contribution in [1.29, 1.82) is 0 Å². The number of rotatable bonds is 5. The lowest BCUT2D eigenvalue weighted by atomic mass is 10.0. The Morgan fingerprint density at radius 1 is 0.955 bits per heavy atom. The molecule has 22 heavy (non-hydrogen) atoms. The standard InChI is InChI=1S/C17H16O5/c1-11(18)22-13-7-4-6-12(10-13)16(19)14-8-5-9-15(20-2)17(14)21-3/h4-10H,1-3H3. The maximum Gasteiger partial charge on any atom is 0.308 e. The second-order valence-electron chi connectivity index (χ2n) is 4.49. The first kappa shape index (κ1) is 15.6. The summed E-state index contributed by atoms with van der Waals surface area (Å²) < 4.78 is 15.5. The van der Waals surface area contributed by atoms with Crippen molar-refractivity contribution < 1.29 is 23.8 Å². The molecule has 0 bridgehead atoms. The zero-order valence-electron chi connectivity index (χ0n) is 12.6. The van der Waals surface area contributed by atoms with Crippen LogP contribution in [0.4, 0.5) is 0 Å². The second kappa shape index (κ2) is 6.76. The summed E-state index contributed by atoms with van der Waals surface area (Å²) in [5, 5.41) is 0. The molecule has 0 saturated heterocycles. The average Bonchev–Trinajstić information content (AvgIpc) is 2.52. The van der Waals surface area contributed by atoms with E-state index >= 15 is 0 Å². The fourth-order valence-electron chi connectivity index (χ4n) is 2.09. The number of para-hydroxylation sites is 1. The van der Waals surface area contributed by atoms with Gasteiger partial charge in [0.1, 0.15) is 5.75 Å². The minimum Gasteiger partial charge on any atom is -0.493 e. The fraction of sp³-hybridized carbons (Fsp3) is 0.176. The molecule has 0 aliphatic carbocycles. The highest BCUT2D eigenvalue weighted by Gasteiger charge is 2.18. The monoisotopic (exact) mass is 300 g/mol. The third-order valence-electron chi connectivity index (χ3n) is 3.01. The summed E-state index contributed by atoms with van der Waals surface area (Å²) in [7, 11) is 2.98. The molecule has 2 aromatic rings. The zero-order valence-corrected chi connectivity index (χ0v) is 12.6. The molecule has 0 heterocycles. The Balaban J connectivity index is 2.42. The van der Waals surface area contributed by atoms with Gasteiger partial charge in [0.05, 0.1) is 19.8 Å². The third-order valence-corrected chi connectivity index (χ3v) is 3.01. The number of hydrogen-bond donors (Lipinski definition) is 0. The largest absolute Gasteiger partial charge is 0.493 e. The number of esters is 1. The van der Waals surface area contributed by atoms with E-state index in [2.05, 4.69) is 0 Å². The SMILES string of the molecule is COc1cccc(C(=O)c2cccc(OC(C)=O)c2)c1OC. The Morgan fingerprint density at radius 2 is 1.68 bits per heavy atom. The molecule has 0 N–H and O–H groups in total. The fourth-order valence-corrected chi connectivity index (χ4v) is 2.09. The Morgan fingerprint density at radius 3 is 2.32 bits per heavy atom. The van der Waals surface area contributed by atoms with Crippen LogP contribution in [0.2, 0.25) is 0 Å². The molecule has 0 spiro atoms. The predicted molar refractivity (Wildman–Crippen MR) is 80.7 cm³/mol. The van der Waals surface area contributed by atoms with Crippen molar-refractivity contribution in [2.24, 2.45) is 0 Å². The van der Waals surface area contributed by atoms with Gasteiger partial charge in [-0.25, -0.2) is 0 Å². The number of carbonyl (C=O) groups is 2. The van der Waals surface area contributed by atoms with E-state index in [0.717, 1.165) is 0 Å². The number of ketones is 1. The van der Waals surface area contributed by atoms with Crippen molar-refractivity contribution in [3.05, 3.63) is 53.6 Å². The summed E-state index contributed by atoms with van der Waals surface area (Å²) in [6, 6.07) is 11.5. The van der Waals surface area contributed by atoms with Crippen LogP contribution in [0, 0.1) is 0 Å². The van der Waals surface area contributed by atoms with Gasteiger partial charge in [-0.1, -0.05) is 18.2 Å². The zero-order chi connectivity index (χ0) is 16.1. The van der Waals surface area contributed by atoms with Crippen LogP contribution in [0.1, 0.15) is 22.8 Å². The van der Waals surface area contributed by atoms with Crippen molar-refractivity contribution >= 4 is 11.8 Å². The molecule has 0 amide bonds. The maximum absolute atomic E-state index is 12.7. The van der Waals surface area contributed by atoms with Gasteiger partial charge >= 0.3 is 5.97 Å². The van der Waals surface area contributed by atoms with Crippen LogP contribution >= 0.6 is 0 Å². The Hall–Kier alpha value is -2.82. The molecule has 0 aromatic heterocycles. The molecule has 0 saturated carbocycles. The van der Waals surface area contributed by atoms with E-state index in [4.69, 9.17) is 14.2 Å². The normalized spacial score (nSPS) is 9.95. The van der Waals surface area contributed by atoms with E-state index in [1.54, 1.807) is 36.4 Å². The summed E-state index contributed by atoms with van der Waals surface area (Å²) in [6.07, 6.45) is 0. The molecule has 0 radical (unpaired) electrons. The van der Waals surface area contributed by atoms with Gasteiger partial charge in [-0.15, -0.1) is 0 Å². The van der Waals surface area contributed by atoms with Gasteiger partial charge in [0.25, 0.3) is 0 Å². The van der Waals surface area contributed by atoms with Crippen LogP contribution in [0.25, 0.3) is 0 Å². The van der Waals surface area contributed by atoms with Gasteiger partial charge in [0, 0.05) is 12.5 Å². The summed E-state index contributed by atoms with van der Waals surface area (Å²) in [5.74, 6) is 0.478. The third kappa shape index (κ3) is 3.25. The summed E-state index contributed by atoms with van der Waals surface area (Å²) in [4.78, 5) is 23.7. The van der Waals surface area contributed by atoms with E-state index in [0.29, 0.717) is 28.4 Å². The maximum atomic E-state index is 12.7. The van der Waals surface area contributed by atoms with Crippen LogP contribution in [0.15, 0.2) is 42.5 Å². The molecule has 5 nitrogen and oxygen atoms in total. The second-order valence-corrected chi connectivity index (χ2v) is 4.49. The highest BCUT2D eigenvalue weighted by molar-refractivity contribution is 6.11. The lowest BCUT2D eigenvalue weighted by molar-refractivity contribution is -0.131. The van der Waals surface area contributed by atoms with Gasteiger partial charge in [0.2, 0.25) is 0 Å². The Bertz CT molecular complexity index is 706. The van der Waals surface area contributed by atoms with E-state index < -0.39 is 5.97 Å². The number of methoxy groups -OCH3 is 2. The van der Waals surface area contributed by atoms with Crippen molar-refractivity contribution in [1.82, 2.24) is 0 Å². The van der Waals surface area contributed by atoms with Crippen LogP contribution in [-0.2, 0) is 4.79 Å². The van der Waals surface area contributed by atoms with Gasteiger partial charge < -0.3 is 14.2 Å². The number of benzene rings is 2. The minimum atomic E-state index is -0.441. The first-order valence-electron chi connectivity index (χ1n) is 6.61. The van der Waals surface area contributed by atoms with Crippen molar-refractivity contribution in [3.63, 3.8) is 0 Å². The molecule has 0 atom stereocenters. The molecule has 2 aromatic carbocycles. The van der Waals surface area contributed by atoms with Crippen LogP contribution in [-0.4, -0.2) is 26.0 Å². The van der Waals surface area contributed by atoms with Gasteiger partial charge in [-0.2, -0.15) is 0 Å². The van der Waals surface area contributed by atoms with Crippen LogP contribution in [0.3, 0.4) is 0 Å². The van der Waals surface area contributed by atoms with E-state index in [9.17, 15) is 9.59 Å². The molecule has 2 rings (SSSR count). The number of ether oxygens (including phenoxy) is 3. The van der Waals surface area contributed by atoms with Gasteiger partial charge in [-0.3, -0.25) is 9.59 Å². The summed E-state index contributed by atoms with van der Waals surface area (Å²) >= 11 is 0. The van der Waals surface area contributed by atoms with Gasteiger partial charge in [0.15, 0.2) is 17.3 Å². The molecule has 0 fully saturated rings. The molecule has 0 aliphatic heterocycles. The highest BCUT2D eigenvalue weighted by Crippen LogP contribution is 2.32. The molecular formula is C17H16O5. The molecule has 5 heteroatoms. The van der Waals surface area contributed by atoms with Crippen LogP contribution < -0.4 is 14.2 Å². The van der Waals surface area contributed by atoms with Crippen LogP contribution in [0.5, 0.6) is 17.2 Å². The average molecular weight is 300 g/mol. The predicted octanol–water partition coefficient (Wildman–Crippen LogP) is 2.86. The highest BCUT2D eigenvalue weighted by atomic mass is 16.5. The van der Waals surface area contributed by atoms with Crippen molar-refractivity contribution in [3.8, 4) is 17.2 Å². The first-order chi connectivity index (χ1) is 10.6. The molecule has 114 valence electrons. The lowest BCUT2D eigenvalue weighted by Gasteiger charge is -2.12. The smallest absolute Gasteiger partial charge is 0.308 e. The summed E-state index contributed by atoms with van der Waals surface area (Å²) in [6.45, 7) is 1.31. The molecule has 0 aliphatic rings. The molecule has 0 unspecified atom stereocenters. The van der Waals surface area contributed by atoms with E-state index in [1.807, 2.05) is 0 Å². The Labute approximate surface area is 128 Å². The quantitative estimate of drug-likeness (QED) is 0.483. The van der Waals surface area contributed by atoms with E-state index in [-0.39, 0.29) is 5.78 Å².